The average Bonchev–Trinajstić information content (AvgIpc) is 0.804. The lowest BCUT2D eigenvalue weighted by Gasteiger charge is -2.42. The van der Waals surface area contributed by atoms with Crippen LogP contribution in [0.3, 0.4) is 0 Å². The molecule has 11 amide bonds. The molecule has 1 rings (SSSR count). The Balaban J connectivity index is 4.46. The van der Waals surface area contributed by atoms with Gasteiger partial charge in [-0.1, -0.05) is 109 Å². The number of ether oxygens (including phenoxy) is 1. The molecule has 0 spiro atoms. The third kappa shape index (κ3) is 25.6. The summed E-state index contributed by atoms with van der Waals surface area (Å²) in [5, 5.41) is 11.1. The zero-order valence-corrected chi connectivity index (χ0v) is 61.8. The number of amides is 11. The van der Waals surface area contributed by atoms with Crippen LogP contribution in [-0.4, -0.2) is 241 Å². The van der Waals surface area contributed by atoms with Gasteiger partial charge in [0.05, 0.1) is 6.54 Å². The highest BCUT2D eigenvalue weighted by atomic mass is 16.5. The van der Waals surface area contributed by atoms with Crippen LogP contribution in [0.15, 0.2) is 17.1 Å². The van der Waals surface area contributed by atoms with Crippen LogP contribution in [0.25, 0.3) is 0 Å². The largest absolute Gasteiger partial charge is 0.459 e. The standard InChI is InChI=1S/C69H122N12O13/c1-26-50-65(89)75(19)39-55(83)76(20)51(35-40(2)3)62(86)74-56(44(10)11)68(92)77(21)52(36-41(4)5)61(85)71-47(15)60(84)72-48(16)64(88)78(22)53(37-42(6)7)66(90)79(23)54(38-43(8)9)67(91)80(24)57(45(12)13)69(93)81(25)58(63(87)73-50)59(94-49(17)82)46(14)33-31-29-27-28-30-32-34-70-18/h29,31,34,40-48,50-54,56-59H,26-28,30,32-33,35-39H2,1-25H3,(H,71,85)(H,72,84)(H,73,87)(H,74,86)/b31-29+,70-34?/t46-,47-,48+,50+,51+,52-,53+,54+,56-,57+,58+,59-/m1/s1. The second-order valence-corrected chi connectivity index (χ2v) is 28.3. The fourth-order valence-electron chi connectivity index (χ4n) is 11.7. The van der Waals surface area contributed by atoms with E-state index in [9.17, 15) is 38.4 Å². The van der Waals surface area contributed by atoms with Crippen molar-refractivity contribution in [3.8, 4) is 0 Å². The van der Waals surface area contributed by atoms with Gasteiger partial charge in [-0.2, -0.15) is 0 Å². The van der Waals surface area contributed by atoms with Crippen LogP contribution in [-0.2, 0) is 62.3 Å². The van der Waals surface area contributed by atoms with E-state index >= 15 is 19.2 Å². The molecule has 0 saturated carbocycles. The Morgan fingerprint density at radius 2 is 0.947 bits per heavy atom. The lowest BCUT2D eigenvalue weighted by atomic mass is 9.91. The number of carbonyl (C=O) groups is 12. The Bertz CT molecular complexity index is 2610. The molecule has 536 valence electrons. The highest BCUT2D eigenvalue weighted by molar-refractivity contribution is 5.99. The number of hydrogen-bond acceptors (Lipinski definition) is 14. The minimum Gasteiger partial charge on any atom is -0.459 e. The molecule has 1 heterocycles. The molecule has 0 radical (unpaired) electrons. The summed E-state index contributed by atoms with van der Waals surface area (Å²) >= 11 is 0. The maximum atomic E-state index is 15.6. The van der Waals surface area contributed by atoms with Gasteiger partial charge >= 0.3 is 5.97 Å². The van der Waals surface area contributed by atoms with Gasteiger partial charge in [-0.05, 0) is 126 Å². The molecular weight excluding hydrogens is 1200 g/mol. The number of likely N-dealkylation sites (N-methyl/N-ethyl adjacent to an activating group) is 7. The quantitative estimate of drug-likeness (QED) is 0.0505. The zero-order chi connectivity index (χ0) is 72.5. The molecule has 1 aliphatic heterocycles. The van der Waals surface area contributed by atoms with Gasteiger partial charge in [0.2, 0.25) is 65.0 Å². The summed E-state index contributed by atoms with van der Waals surface area (Å²) in [5.74, 6) is -10.7. The van der Waals surface area contributed by atoms with Crippen LogP contribution in [0.2, 0.25) is 0 Å². The van der Waals surface area contributed by atoms with Crippen LogP contribution in [0, 0.1) is 41.4 Å². The Labute approximate surface area is 562 Å². The summed E-state index contributed by atoms with van der Waals surface area (Å²) in [6, 6.07) is -12.6. The van der Waals surface area contributed by atoms with Gasteiger partial charge < -0.3 is 65.3 Å². The van der Waals surface area contributed by atoms with E-state index in [0.717, 1.165) is 35.5 Å². The predicted molar refractivity (Wildman–Crippen MR) is 365 cm³/mol. The van der Waals surface area contributed by atoms with Crippen molar-refractivity contribution in [2.45, 2.75) is 248 Å². The topological polar surface area (TPSA) is 297 Å². The summed E-state index contributed by atoms with van der Waals surface area (Å²) in [6.45, 7) is 28.7. The van der Waals surface area contributed by atoms with E-state index in [-0.39, 0.29) is 55.8 Å². The fraction of sp³-hybridized carbons (Fsp3) is 0.783. The fourth-order valence-corrected chi connectivity index (χ4v) is 11.7. The molecule has 0 aromatic heterocycles. The van der Waals surface area contributed by atoms with Crippen LogP contribution >= 0.6 is 0 Å². The Hall–Kier alpha value is -6.95. The number of rotatable bonds is 21. The first-order chi connectivity index (χ1) is 43.6. The van der Waals surface area contributed by atoms with Crippen molar-refractivity contribution in [1.29, 1.82) is 0 Å². The first-order valence-corrected chi connectivity index (χ1v) is 33.9. The van der Waals surface area contributed by atoms with Gasteiger partial charge in [0.1, 0.15) is 66.5 Å². The summed E-state index contributed by atoms with van der Waals surface area (Å²) in [5.41, 5.74) is 0. The van der Waals surface area contributed by atoms with E-state index in [4.69, 9.17) is 4.74 Å². The minimum atomic E-state index is -1.62. The molecule has 25 heteroatoms. The average molecular weight is 1330 g/mol. The molecule has 0 unspecified atom stereocenters. The number of carbonyl (C=O) groups excluding carboxylic acids is 12. The van der Waals surface area contributed by atoms with Crippen molar-refractivity contribution >= 4 is 77.2 Å². The number of hydrogen-bond donors (Lipinski definition) is 4. The first kappa shape index (κ1) is 85.1. The number of aliphatic imine (C=N–C) groups is 1. The van der Waals surface area contributed by atoms with E-state index in [0.29, 0.717) is 6.42 Å². The van der Waals surface area contributed by atoms with Gasteiger partial charge in [-0.3, -0.25) is 57.5 Å². The molecule has 25 nitrogen and oxygen atoms in total. The Morgan fingerprint density at radius 1 is 0.500 bits per heavy atom. The van der Waals surface area contributed by atoms with Gasteiger partial charge in [0.25, 0.3) is 0 Å². The SMILES string of the molecule is CC[C@@H]1NC(=O)[C@H]([C@H](OC(C)=O)[C@H](C)C/C=C/CCCCC=NC)N(C)C(=O)[C@H](C(C)C)N(C)C(=O)[C@H](CC(C)C)N(C)C(=O)[C@H](CC(C)C)N(C)C(=O)[C@H](C)NC(=O)[C@@H](C)NC(=O)[C@@H](CC(C)C)N(C)C(=O)[C@@H](C(C)C)NC(=O)[C@H](CC(C)C)N(C)C(=O)CN(C)C1=O. The lowest BCUT2D eigenvalue weighted by Crippen LogP contribution is -2.64. The van der Waals surface area contributed by atoms with E-state index in [2.05, 4.69) is 26.3 Å². The molecule has 94 heavy (non-hydrogen) atoms. The maximum Gasteiger partial charge on any atom is 0.303 e. The predicted octanol–water partition coefficient (Wildman–Crippen LogP) is 5.08. The summed E-state index contributed by atoms with van der Waals surface area (Å²) in [7, 11) is 11.7. The smallest absolute Gasteiger partial charge is 0.303 e. The molecule has 12 atom stereocenters. The molecule has 4 N–H and O–H groups in total. The number of esters is 1. The Kier molecular flexibility index (Phi) is 36.6. The maximum absolute atomic E-state index is 15.6. The van der Waals surface area contributed by atoms with E-state index in [1.165, 1.54) is 94.6 Å². The van der Waals surface area contributed by atoms with E-state index in [1.54, 1.807) is 48.6 Å². The molecular formula is C69H122N12O13. The second kappa shape index (κ2) is 40.4. The van der Waals surface area contributed by atoms with Gasteiger partial charge in [-0.15, -0.1) is 0 Å². The van der Waals surface area contributed by atoms with Crippen LogP contribution in [0.1, 0.15) is 182 Å². The number of nitrogens with one attached hydrogen (secondary N) is 4. The molecule has 0 aromatic carbocycles. The lowest BCUT2D eigenvalue weighted by molar-refractivity contribution is -0.164. The zero-order valence-electron chi connectivity index (χ0n) is 61.8. The van der Waals surface area contributed by atoms with E-state index < -0.39 is 162 Å². The summed E-state index contributed by atoms with van der Waals surface area (Å²) < 4.78 is 6.04. The molecule has 1 fully saturated rings. The number of allylic oxidation sites excluding steroid dienone is 2. The van der Waals surface area contributed by atoms with Crippen molar-refractivity contribution in [3.63, 3.8) is 0 Å². The van der Waals surface area contributed by atoms with E-state index in [1.807, 2.05) is 73.8 Å². The number of unbranched alkanes of at least 4 members (excludes halogenated alkanes) is 3. The van der Waals surface area contributed by atoms with Crippen molar-refractivity contribution in [3.05, 3.63) is 12.2 Å². The first-order valence-electron chi connectivity index (χ1n) is 33.9. The van der Waals surface area contributed by atoms with Crippen molar-refractivity contribution in [2.24, 2.45) is 46.4 Å². The third-order valence-electron chi connectivity index (χ3n) is 17.4. The highest BCUT2D eigenvalue weighted by Gasteiger charge is 2.47. The van der Waals surface area contributed by atoms with Crippen LogP contribution in [0.4, 0.5) is 0 Å². The second-order valence-electron chi connectivity index (χ2n) is 28.3. The molecule has 1 saturated heterocycles. The monoisotopic (exact) mass is 1330 g/mol. The normalized spacial score (nSPS) is 25.5. The van der Waals surface area contributed by atoms with Crippen molar-refractivity contribution in [1.82, 2.24) is 55.6 Å². The van der Waals surface area contributed by atoms with Crippen molar-refractivity contribution in [2.75, 3.05) is 62.9 Å². The van der Waals surface area contributed by atoms with Gasteiger partial charge in [0, 0.05) is 63.3 Å². The minimum absolute atomic E-state index is 0.00847. The summed E-state index contributed by atoms with van der Waals surface area (Å²) in [4.78, 5) is 188. The van der Waals surface area contributed by atoms with Gasteiger partial charge in [0.15, 0.2) is 0 Å². The van der Waals surface area contributed by atoms with Crippen molar-refractivity contribution < 1.29 is 62.3 Å². The van der Waals surface area contributed by atoms with Gasteiger partial charge in [-0.25, -0.2) is 0 Å². The van der Waals surface area contributed by atoms with Crippen LogP contribution < -0.4 is 21.3 Å². The molecule has 0 bridgehead atoms. The third-order valence-corrected chi connectivity index (χ3v) is 17.4. The molecule has 0 aromatic rings. The Morgan fingerprint density at radius 3 is 1.43 bits per heavy atom. The molecule has 1 aliphatic rings. The highest BCUT2D eigenvalue weighted by Crippen LogP contribution is 2.27. The summed E-state index contributed by atoms with van der Waals surface area (Å²) in [6.07, 6.45) is 8.63. The number of nitrogens with zero attached hydrogens (tertiary/aromatic N) is 8. The van der Waals surface area contributed by atoms with Crippen LogP contribution in [0.5, 0.6) is 0 Å². The molecule has 0 aliphatic carbocycles.